The van der Waals surface area contributed by atoms with Crippen LogP contribution >= 0.6 is 0 Å². The van der Waals surface area contributed by atoms with Crippen LogP contribution in [0.1, 0.15) is 71.3 Å². The number of imide groups is 1. The molecule has 2 atom stereocenters. The number of urea groups is 1. The Balaban J connectivity index is 1.27. The number of nitrogens with zero attached hydrogens (tertiary/aromatic N) is 1. The molecule has 0 bridgehead atoms. The van der Waals surface area contributed by atoms with Gasteiger partial charge in [0.25, 0.3) is 11.5 Å². The van der Waals surface area contributed by atoms with E-state index in [1.165, 1.54) is 0 Å². The molecule has 2 aliphatic heterocycles. The number of amides is 3. The van der Waals surface area contributed by atoms with Gasteiger partial charge in [0.05, 0.1) is 12.2 Å². The Bertz CT molecular complexity index is 1550. The molecule has 3 amide bonds. The predicted molar refractivity (Wildman–Crippen MR) is 168 cm³/mol. The molecule has 48 heavy (non-hydrogen) atoms. The summed E-state index contributed by atoms with van der Waals surface area (Å²) in [7, 11) is 0. The number of benzene rings is 2. The number of carbonyl (C=O) groups excluding carboxylic acids is 2. The number of halogens is 6. The summed E-state index contributed by atoms with van der Waals surface area (Å²) >= 11 is 0. The zero-order valence-electron chi connectivity index (χ0n) is 27.2. The Morgan fingerprint density at radius 3 is 2.15 bits per heavy atom. The van der Waals surface area contributed by atoms with Crippen LogP contribution in [0.4, 0.5) is 31.1 Å². The summed E-state index contributed by atoms with van der Waals surface area (Å²) in [4.78, 5) is 27.5. The molecule has 2 fully saturated rings. The quantitative estimate of drug-likeness (QED) is 0.139. The third-order valence-corrected chi connectivity index (χ3v) is 9.52. The first-order valence-corrected chi connectivity index (χ1v) is 16.3. The molecule has 2 unspecified atom stereocenters. The molecule has 0 radical (unpaired) electrons. The normalized spacial score (nSPS) is 24.2. The molecule has 0 saturated carbocycles. The molecule has 6 nitrogen and oxygen atoms in total. The van der Waals surface area contributed by atoms with Crippen LogP contribution in [0.25, 0.3) is 11.1 Å². The minimum absolute atomic E-state index is 0.00623. The fourth-order valence-corrected chi connectivity index (χ4v) is 7.10. The zero-order chi connectivity index (χ0) is 35.0. The van der Waals surface area contributed by atoms with Gasteiger partial charge in [0, 0.05) is 25.1 Å². The SMILES string of the molecule is CCCC1=C2COC(C(F)(F)F)(C(F)(F)F)C2=CC(CCC)(OCCCCN2C(=O)NC(C)(c3ccc(-c4ccccc4)cc3)C2=O)C1. The van der Waals surface area contributed by atoms with Crippen molar-refractivity contribution in [2.75, 3.05) is 19.8 Å². The van der Waals surface area contributed by atoms with E-state index >= 15 is 0 Å². The lowest BCUT2D eigenvalue weighted by Crippen LogP contribution is -2.58. The van der Waals surface area contributed by atoms with E-state index in [0.717, 1.165) is 22.1 Å². The van der Waals surface area contributed by atoms with Crippen molar-refractivity contribution in [1.29, 1.82) is 0 Å². The van der Waals surface area contributed by atoms with Crippen LogP contribution in [-0.2, 0) is 19.8 Å². The average molecular weight is 679 g/mol. The number of alkyl halides is 6. The topological polar surface area (TPSA) is 67.9 Å². The molecule has 2 saturated heterocycles. The second-order valence-electron chi connectivity index (χ2n) is 12.9. The first kappa shape index (κ1) is 35.7. The van der Waals surface area contributed by atoms with Crippen LogP contribution in [0.2, 0.25) is 0 Å². The maximum absolute atomic E-state index is 14.2. The third-order valence-electron chi connectivity index (χ3n) is 9.52. The van der Waals surface area contributed by atoms with Crippen LogP contribution in [0.15, 0.2) is 77.4 Å². The molecule has 2 aromatic carbocycles. The average Bonchev–Trinajstić information content (AvgIpc) is 3.54. The lowest BCUT2D eigenvalue weighted by molar-refractivity contribution is -0.355. The minimum atomic E-state index is -5.73. The highest BCUT2D eigenvalue weighted by Gasteiger charge is 2.77. The molecule has 2 heterocycles. The zero-order valence-corrected chi connectivity index (χ0v) is 27.2. The summed E-state index contributed by atoms with van der Waals surface area (Å²) in [5.74, 6) is -0.418. The van der Waals surface area contributed by atoms with Crippen molar-refractivity contribution in [2.45, 2.75) is 94.8 Å². The molecule has 12 heteroatoms. The van der Waals surface area contributed by atoms with Gasteiger partial charge in [-0.15, -0.1) is 0 Å². The van der Waals surface area contributed by atoms with E-state index in [1.807, 2.05) is 49.4 Å². The van der Waals surface area contributed by atoms with Crippen molar-refractivity contribution in [2.24, 2.45) is 0 Å². The Kier molecular flexibility index (Phi) is 9.91. The number of ether oxygens (including phenoxy) is 2. The van der Waals surface area contributed by atoms with Crippen molar-refractivity contribution >= 4 is 11.9 Å². The molecule has 1 aliphatic carbocycles. The van der Waals surface area contributed by atoms with E-state index in [-0.39, 0.29) is 31.6 Å². The van der Waals surface area contributed by atoms with Crippen LogP contribution in [0.3, 0.4) is 0 Å². The Labute approximate surface area is 276 Å². The van der Waals surface area contributed by atoms with E-state index in [2.05, 4.69) is 10.1 Å². The van der Waals surface area contributed by atoms with E-state index in [0.29, 0.717) is 43.2 Å². The predicted octanol–water partition coefficient (Wildman–Crippen LogP) is 8.78. The highest BCUT2D eigenvalue weighted by atomic mass is 19.4. The van der Waals surface area contributed by atoms with Crippen molar-refractivity contribution in [3.63, 3.8) is 0 Å². The third kappa shape index (κ3) is 6.29. The largest absolute Gasteiger partial charge is 0.430 e. The number of nitrogens with one attached hydrogen (secondary N) is 1. The van der Waals surface area contributed by atoms with Gasteiger partial charge in [0.2, 0.25) is 0 Å². The number of hydrogen-bond donors (Lipinski definition) is 1. The van der Waals surface area contributed by atoms with E-state index < -0.39 is 53.2 Å². The molecule has 2 aromatic rings. The van der Waals surface area contributed by atoms with Gasteiger partial charge in [-0.05, 0) is 60.9 Å². The van der Waals surface area contributed by atoms with E-state index in [1.54, 1.807) is 26.0 Å². The van der Waals surface area contributed by atoms with Crippen molar-refractivity contribution in [3.05, 3.63) is 83.0 Å². The lowest BCUT2D eigenvalue weighted by atomic mass is 9.74. The van der Waals surface area contributed by atoms with Gasteiger partial charge < -0.3 is 14.8 Å². The second kappa shape index (κ2) is 13.3. The van der Waals surface area contributed by atoms with Crippen molar-refractivity contribution in [3.8, 4) is 11.1 Å². The van der Waals surface area contributed by atoms with Gasteiger partial charge in [-0.2, -0.15) is 26.3 Å². The molecule has 3 aliphatic rings. The number of unbranched alkanes of at least 4 members (excludes halogenated alkanes) is 1. The maximum Gasteiger partial charge on any atom is 0.430 e. The van der Waals surface area contributed by atoms with Crippen molar-refractivity contribution < 1.29 is 45.4 Å². The summed E-state index contributed by atoms with van der Waals surface area (Å²) in [6.45, 7) is 4.54. The smallest absolute Gasteiger partial charge is 0.371 e. The molecule has 1 N–H and O–H groups in total. The van der Waals surface area contributed by atoms with Crippen LogP contribution in [-0.4, -0.2) is 60.2 Å². The van der Waals surface area contributed by atoms with Crippen LogP contribution < -0.4 is 5.32 Å². The monoisotopic (exact) mass is 678 g/mol. The van der Waals surface area contributed by atoms with Crippen molar-refractivity contribution in [1.82, 2.24) is 10.2 Å². The molecular weight excluding hydrogens is 638 g/mol. The molecule has 5 rings (SSSR count). The van der Waals surface area contributed by atoms with Gasteiger partial charge in [-0.3, -0.25) is 9.69 Å². The second-order valence-corrected chi connectivity index (χ2v) is 12.9. The van der Waals surface area contributed by atoms with Gasteiger partial charge in [0.1, 0.15) is 5.54 Å². The lowest BCUT2D eigenvalue weighted by Gasteiger charge is -2.40. The highest BCUT2D eigenvalue weighted by molar-refractivity contribution is 6.07. The first-order valence-electron chi connectivity index (χ1n) is 16.3. The fourth-order valence-electron chi connectivity index (χ4n) is 7.10. The molecular formula is C36H40F6N2O4. The highest BCUT2D eigenvalue weighted by Crippen LogP contribution is 2.59. The number of rotatable bonds is 12. The summed E-state index contributed by atoms with van der Waals surface area (Å²) in [5, 5.41) is 2.79. The number of hydrogen-bond acceptors (Lipinski definition) is 4. The van der Waals surface area contributed by atoms with Gasteiger partial charge in [-0.25, -0.2) is 4.79 Å². The van der Waals surface area contributed by atoms with Crippen LogP contribution in [0.5, 0.6) is 0 Å². The maximum atomic E-state index is 14.2. The van der Waals surface area contributed by atoms with Gasteiger partial charge >= 0.3 is 18.4 Å². The summed E-state index contributed by atoms with van der Waals surface area (Å²) in [6, 6.07) is 16.6. The standard InChI is InChI=1S/C36H40F6N2O4/c1-4-11-26-21-33(18-5-2,22-29-28(26)23-48-34(29,35(37,38)39)36(40,41)42)47-20-10-9-19-44-30(45)32(3,43-31(44)46)27-16-14-25(15-17-27)24-12-7-6-8-13-24/h6-8,12-17,22H,4-5,9-11,18-21,23H2,1-3H3,(H,43,46). The summed E-state index contributed by atoms with van der Waals surface area (Å²) in [6.07, 6.45) is -8.15. The van der Waals surface area contributed by atoms with E-state index in [9.17, 15) is 35.9 Å². The van der Waals surface area contributed by atoms with Gasteiger partial charge in [0.15, 0.2) is 0 Å². The molecule has 260 valence electrons. The number of carbonyl (C=O) groups is 2. The summed E-state index contributed by atoms with van der Waals surface area (Å²) < 4.78 is 96.2. The first-order chi connectivity index (χ1) is 22.6. The fraction of sp³-hybridized carbons (Fsp3) is 0.500. The number of fused-ring (bicyclic) bond motifs is 1. The Morgan fingerprint density at radius 1 is 0.896 bits per heavy atom. The molecule has 0 aromatic heterocycles. The Morgan fingerprint density at radius 2 is 1.54 bits per heavy atom. The van der Waals surface area contributed by atoms with E-state index in [4.69, 9.17) is 4.74 Å². The molecule has 0 spiro atoms. The summed E-state index contributed by atoms with van der Waals surface area (Å²) in [5.41, 5.74) is -4.96. The van der Waals surface area contributed by atoms with Gasteiger partial charge in [-0.1, -0.05) is 86.9 Å². The Hall–Kier alpha value is -3.64. The minimum Gasteiger partial charge on any atom is -0.371 e. The van der Waals surface area contributed by atoms with Crippen LogP contribution in [0, 0.1) is 0 Å².